The molecule has 112 valence electrons. The zero-order valence-electron chi connectivity index (χ0n) is 11.2. The van der Waals surface area contributed by atoms with Gasteiger partial charge in [-0.15, -0.1) is 0 Å². The van der Waals surface area contributed by atoms with Gasteiger partial charge in [0.1, 0.15) is 0 Å². The van der Waals surface area contributed by atoms with Gasteiger partial charge >= 0.3 is 0 Å². The molecule has 2 heterocycles. The Kier molecular flexibility index (Phi) is 5.55. The molecule has 0 aromatic heterocycles. The van der Waals surface area contributed by atoms with Gasteiger partial charge in [-0.25, -0.2) is 0 Å². The van der Waals surface area contributed by atoms with E-state index in [4.69, 9.17) is 9.84 Å². The summed E-state index contributed by atoms with van der Waals surface area (Å²) in [6, 6.07) is 0. The normalized spacial score (nSPS) is 25.3. The van der Waals surface area contributed by atoms with Crippen LogP contribution in [0.3, 0.4) is 0 Å². The fourth-order valence-electron chi connectivity index (χ4n) is 2.48. The number of hydrogen-bond donors (Lipinski definition) is 1. The highest BCUT2D eigenvalue weighted by molar-refractivity contribution is 7.86. The second kappa shape index (κ2) is 6.96. The third-order valence-electron chi connectivity index (χ3n) is 3.59. The molecule has 1 N–H and O–H groups in total. The number of aliphatic hydroxyl groups excluding tert-OH is 1. The molecule has 2 aliphatic rings. The number of nitrogens with zero attached hydrogens (tertiary/aromatic N) is 3. The lowest BCUT2D eigenvalue weighted by atomic mass is 10.4. The van der Waals surface area contributed by atoms with Crippen molar-refractivity contribution >= 4 is 10.2 Å². The van der Waals surface area contributed by atoms with E-state index in [1.807, 2.05) is 0 Å². The zero-order valence-corrected chi connectivity index (χ0v) is 12.0. The van der Waals surface area contributed by atoms with Crippen LogP contribution in [-0.4, -0.2) is 92.7 Å². The van der Waals surface area contributed by atoms with Gasteiger partial charge in [-0.1, -0.05) is 0 Å². The number of ether oxygens (including phenoxy) is 1. The van der Waals surface area contributed by atoms with Gasteiger partial charge in [0.2, 0.25) is 0 Å². The van der Waals surface area contributed by atoms with Crippen molar-refractivity contribution in [2.45, 2.75) is 6.42 Å². The number of hydrogen-bond acceptors (Lipinski definition) is 5. The average Bonchev–Trinajstić information content (AvgIpc) is 2.66. The molecule has 2 fully saturated rings. The summed E-state index contributed by atoms with van der Waals surface area (Å²) in [7, 11) is -3.35. The Labute approximate surface area is 114 Å². The third-order valence-corrected chi connectivity index (χ3v) is 5.62. The molecule has 2 rings (SSSR count). The topological polar surface area (TPSA) is 73.3 Å². The van der Waals surface area contributed by atoms with Gasteiger partial charge in [-0.3, -0.25) is 4.90 Å². The molecule has 7 nitrogen and oxygen atoms in total. The van der Waals surface area contributed by atoms with Gasteiger partial charge in [0.25, 0.3) is 10.2 Å². The van der Waals surface area contributed by atoms with Crippen molar-refractivity contribution in [3.05, 3.63) is 0 Å². The average molecular weight is 293 g/mol. The first-order chi connectivity index (χ1) is 9.14. The van der Waals surface area contributed by atoms with Gasteiger partial charge in [-0.05, 0) is 13.0 Å². The Morgan fingerprint density at radius 2 is 1.63 bits per heavy atom. The number of morpholine rings is 1. The van der Waals surface area contributed by atoms with E-state index in [2.05, 4.69) is 4.90 Å². The van der Waals surface area contributed by atoms with Crippen LogP contribution in [0.1, 0.15) is 6.42 Å². The molecule has 0 aromatic carbocycles. The zero-order chi connectivity index (χ0) is 13.7. The summed E-state index contributed by atoms with van der Waals surface area (Å²) >= 11 is 0. The van der Waals surface area contributed by atoms with Crippen LogP contribution in [0.4, 0.5) is 0 Å². The van der Waals surface area contributed by atoms with E-state index in [0.29, 0.717) is 52.5 Å². The summed E-state index contributed by atoms with van der Waals surface area (Å²) < 4.78 is 33.2. The van der Waals surface area contributed by atoms with E-state index < -0.39 is 10.2 Å². The molecule has 8 heteroatoms. The predicted molar refractivity (Wildman–Crippen MR) is 71.0 cm³/mol. The molecular weight excluding hydrogens is 270 g/mol. The standard InChI is InChI=1S/C11H23N3O4S/c15-9-6-12-2-1-3-13(5-4-12)19(16,17)14-7-10-18-11-8-14/h15H,1-11H2. The monoisotopic (exact) mass is 293 g/mol. The van der Waals surface area contributed by atoms with Gasteiger partial charge in [-0.2, -0.15) is 17.0 Å². The molecule has 0 unspecified atom stereocenters. The number of aliphatic hydroxyl groups is 1. The largest absolute Gasteiger partial charge is 0.395 e. The Hall–Kier alpha value is -0.250. The van der Waals surface area contributed by atoms with Gasteiger partial charge in [0.05, 0.1) is 19.8 Å². The predicted octanol–water partition coefficient (Wildman–Crippen LogP) is -1.44. The summed E-state index contributed by atoms with van der Waals surface area (Å²) in [5.41, 5.74) is 0. The fourth-order valence-corrected chi connectivity index (χ4v) is 4.09. The number of rotatable bonds is 4. The van der Waals surface area contributed by atoms with Gasteiger partial charge in [0.15, 0.2) is 0 Å². The Morgan fingerprint density at radius 1 is 0.947 bits per heavy atom. The highest BCUT2D eigenvalue weighted by Gasteiger charge is 2.31. The van der Waals surface area contributed by atoms with Crippen LogP contribution >= 0.6 is 0 Å². The van der Waals surface area contributed by atoms with E-state index in [1.54, 1.807) is 4.31 Å². The third kappa shape index (κ3) is 3.87. The Bertz CT molecular complexity index is 370. The van der Waals surface area contributed by atoms with Crippen molar-refractivity contribution < 1.29 is 18.3 Å². The van der Waals surface area contributed by atoms with E-state index in [1.165, 1.54) is 4.31 Å². The van der Waals surface area contributed by atoms with Crippen molar-refractivity contribution in [1.29, 1.82) is 0 Å². The van der Waals surface area contributed by atoms with E-state index in [0.717, 1.165) is 13.0 Å². The molecule has 0 atom stereocenters. The van der Waals surface area contributed by atoms with E-state index in [9.17, 15) is 8.42 Å². The minimum absolute atomic E-state index is 0.121. The molecular formula is C11H23N3O4S. The van der Waals surface area contributed by atoms with Crippen LogP contribution in [0.25, 0.3) is 0 Å². The second-order valence-electron chi connectivity index (χ2n) is 4.84. The fraction of sp³-hybridized carbons (Fsp3) is 1.00. The highest BCUT2D eigenvalue weighted by atomic mass is 32.2. The van der Waals surface area contributed by atoms with Crippen LogP contribution in [0.5, 0.6) is 0 Å². The first-order valence-electron chi connectivity index (χ1n) is 6.81. The highest BCUT2D eigenvalue weighted by Crippen LogP contribution is 2.14. The molecule has 0 bridgehead atoms. The summed E-state index contributed by atoms with van der Waals surface area (Å²) in [6.07, 6.45) is 0.809. The van der Waals surface area contributed by atoms with Crippen LogP contribution in [0, 0.1) is 0 Å². The minimum atomic E-state index is -3.35. The maximum absolute atomic E-state index is 12.5. The molecule has 2 aliphatic heterocycles. The van der Waals surface area contributed by atoms with Crippen molar-refractivity contribution in [3.8, 4) is 0 Å². The van der Waals surface area contributed by atoms with Gasteiger partial charge in [0, 0.05) is 39.3 Å². The van der Waals surface area contributed by atoms with Crippen LogP contribution in [-0.2, 0) is 14.9 Å². The molecule has 19 heavy (non-hydrogen) atoms. The Morgan fingerprint density at radius 3 is 2.32 bits per heavy atom. The number of β-amino-alcohol motifs (C(OH)–C–C–N with tert-alkyl or cyclic N) is 1. The molecule has 0 aliphatic carbocycles. The van der Waals surface area contributed by atoms with Gasteiger partial charge < -0.3 is 9.84 Å². The lowest BCUT2D eigenvalue weighted by Gasteiger charge is -2.31. The summed E-state index contributed by atoms with van der Waals surface area (Å²) in [4.78, 5) is 2.11. The molecule has 2 saturated heterocycles. The lowest BCUT2D eigenvalue weighted by molar-refractivity contribution is 0.0702. The van der Waals surface area contributed by atoms with Crippen LogP contribution in [0.15, 0.2) is 0 Å². The first kappa shape index (κ1) is 15.1. The molecule has 0 aromatic rings. The molecule has 0 spiro atoms. The van der Waals surface area contributed by atoms with E-state index >= 15 is 0 Å². The van der Waals surface area contributed by atoms with Crippen molar-refractivity contribution in [2.24, 2.45) is 0 Å². The Balaban J connectivity index is 1.96. The van der Waals surface area contributed by atoms with Crippen LogP contribution in [0.2, 0.25) is 0 Å². The summed E-state index contributed by atoms with van der Waals surface area (Å²) in [5, 5.41) is 8.94. The van der Waals surface area contributed by atoms with Crippen molar-refractivity contribution in [1.82, 2.24) is 13.5 Å². The maximum atomic E-state index is 12.5. The molecule has 0 radical (unpaired) electrons. The summed E-state index contributed by atoms with van der Waals surface area (Å²) in [5.74, 6) is 0. The van der Waals surface area contributed by atoms with Crippen molar-refractivity contribution in [2.75, 3.05) is 65.6 Å². The van der Waals surface area contributed by atoms with Crippen LogP contribution < -0.4 is 0 Å². The molecule has 0 amide bonds. The first-order valence-corrected chi connectivity index (χ1v) is 8.20. The van der Waals surface area contributed by atoms with E-state index in [-0.39, 0.29) is 6.61 Å². The maximum Gasteiger partial charge on any atom is 0.282 e. The van der Waals surface area contributed by atoms with Crippen molar-refractivity contribution in [3.63, 3.8) is 0 Å². The minimum Gasteiger partial charge on any atom is -0.395 e. The quantitative estimate of drug-likeness (QED) is 0.687. The SMILES string of the molecule is O=S(=O)(N1CCOCC1)N1CCCN(CCO)CC1. The second-order valence-corrected chi connectivity index (χ2v) is 6.77. The lowest BCUT2D eigenvalue weighted by Crippen LogP contribution is -2.49. The summed E-state index contributed by atoms with van der Waals surface area (Å²) in [6.45, 7) is 5.16. The molecule has 0 saturated carbocycles. The smallest absolute Gasteiger partial charge is 0.282 e.